The Bertz CT molecular complexity index is 609. The van der Waals surface area contributed by atoms with E-state index in [0.717, 1.165) is 16.8 Å². The fourth-order valence-corrected chi connectivity index (χ4v) is 2.21. The third-order valence-corrected chi connectivity index (χ3v) is 3.04. The molecule has 1 aromatic carbocycles. The minimum Gasteiger partial charge on any atom is -0.325 e. The summed E-state index contributed by atoms with van der Waals surface area (Å²) in [6, 6.07) is 4.09. The zero-order valence-electron chi connectivity index (χ0n) is 12.0. The first-order valence-corrected chi connectivity index (χ1v) is 6.46. The number of nitrogens with two attached hydrogens (primary N) is 1. The molecule has 0 atom stereocenters. The predicted molar refractivity (Wildman–Crippen MR) is 77.2 cm³/mol. The van der Waals surface area contributed by atoms with Gasteiger partial charge in [-0.05, 0) is 31.9 Å². The molecule has 0 fully saturated rings. The molecule has 0 radical (unpaired) electrons. The minimum atomic E-state index is -0.131. The number of aromatic nitrogens is 3. The monoisotopic (exact) mass is 273 g/mol. The number of amides is 1. The number of aryl methyl sites for hydroxylation is 3. The van der Waals surface area contributed by atoms with Crippen molar-refractivity contribution in [3.05, 3.63) is 40.7 Å². The van der Waals surface area contributed by atoms with E-state index >= 15 is 0 Å². The lowest BCUT2D eigenvalue weighted by molar-refractivity contribution is -0.116. The summed E-state index contributed by atoms with van der Waals surface area (Å²) in [5.41, 5.74) is 10.3. The van der Waals surface area contributed by atoms with Crippen LogP contribution in [-0.2, 0) is 17.9 Å². The van der Waals surface area contributed by atoms with Crippen LogP contribution in [0.1, 0.15) is 22.4 Å². The molecular weight excluding hydrogens is 254 g/mol. The maximum Gasteiger partial charge on any atom is 0.246 e. The first-order valence-electron chi connectivity index (χ1n) is 6.46. The molecule has 20 heavy (non-hydrogen) atoms. The molecule has 6 nitrogen and oxygen atoms in total. The number of nitrogens with zero attached hydrogens (tertiary/aromatic N) is 3. The van der Waals surface area contributed by atoms with E-state index in [-0.39, 0.29) is 12.5 Å². The van der Waals surface area contributed by atoms with Gasteiger partial charge in [-0.25, -0.2) is 4.68 Å². The number of nitrogens with one attached hydrogen (secondary N) is 1. The second kappa shape index (κ2) is 5.83. The summed E-state index contributed by atoms with van der Waals surface area (Å²) in [6.45, 7) is 6.45. The molecule has 106 valence electrons. The molecule has 0 bridgehead atoms. The van der Waals surface area contributed by atoms with Gasteiger partial charge in [0.25, 0.3) is 0 Å². The maximum absolute atomic E-state index is 12.0. The zero-order chi connectivity index (χ0) is 14.7. The standard InChI is InChI=1S/C14H19N5O/c1-9-4-10(2)14(11(3)5-9)16-13(20)8-19-7-12(6-15)17-18-19/h4-5,7H,6,8,15H2,1-3H3,(H,16,20). The fraction of sp³-hybridized carbons (Fsp3) is 0.357. The van der Waals surface area contributed by atoms with Gasteiger partial charge in [0.1, 0.15) is 6.54 Å². The average Bonchev–Trinajstić information content (AvgIpc) is 2.81. The Kier molecular flexibility index (Phi) is 4.14. The summed E-state index contributed by atoms with van der Waals surface area (Å²) in [7, 11) is 0. The molecule has 0 spiro atoms. The van der Waals surface area contributed by atoms with E-state index in [1.807, 2.05) is 32.9 Å². The van der Waals surface area contributed by atoms with E-state index in [1.165, 1.54) is 10.2 Å². The summed E-state index contributed by atoms with van der Waals surface area (Å²) in [5.74, 6) is -0.131. The predicted octanol–water partition coefficient (Wildman–Crippen LogP) is 1.30. The van der Waals surface area contributed by atoms with E-state index < -0.39 is 0 Å². The van der Waals surface area contributed by atoms with Crippen molar-refractivity contribution in [2.75, 3.05) is 5.32 Å². The van der Waals surface area contributed by atoms with Gasteiger partial charge in [0.15, 0.2) is 0 Å². The number of hydrogen-bond donors (Lipinski definition) is 2. The normalized spacial score (nSPS) is 10.6. The van der Waals surface area contributed by atoms with Crippen LogP contribution < -0.4 is 11.1 Å². The van der Waals surface area contributed by atoms with Crippen molar-refractivity contribution in [3.63, 3.8) is 0 Å². The van der Waals surface area contributed by atoms with Gasteiger partial charge in [0.05, 0.1) is 11.9 Å². The van der Waals surface area contributed by atoms with Crippen LogP contribution in [0.2, 0.25) is 0 Å². The topological polar surface area (TPSA) is 85.8 Å². The Labute approximate surface area is 118 Å². The Balaban J connectivity index is 2.08. The van der Waals surface area contributed by atoms with Gasteiger partial charge in [-0.2, -0.15) is 0 Å². The lowest BCUT2D eigenvalue weighted by Gasteiger charge is -2.12. The van der Waals surface area contributed by atoms with Crippen molar-refractivity contribution in [2.24, 2.45) is 5.73 Å². The molecule has 2 aromatic rings. The molecular formula is C14H19N5O. The molecule has 1 aromatic heterocycles. The Hall–Kier alpha value is -2.21. The van der Waals surface area contributed by atoms with Crippen LogP contribution in [0.4, 0.5) is 5.69 Å². The van der Waals surface area contributed by atoms with E-state index in [2.05, 4.69) is 15.6 Å². The SMILES string of the molecule is Cc1cc(C)c(NC(=O)Cn2cc(CN)nn2)c(C)c1. The number of hydrogen-bond acceptors (Lipinski definition) is 4. The molecule has 0 saturated carbocycles. The van der Waals surface area contributed by atoms with Crippen molar-refractivity contribution in [2.45, 2.75) is 33.9 Å². The van der Waals surface area contributed by atoms with E-state index in [1.54, 1.807) is 6.20 Å². The molecule has 1 heterocycles. The summed E-state index contributed by atoms with van der Waals surface area (Å²) < 4.78 is 1.48. The van der Waals surface area contributed by atoms with Gasteiger partial charge in [-0.15, -0.1) is 5.10 Å². The lowest BCUT2D eigenvalue weighted by atomic mass is 10.1. The molecule has 0 unspecified atom stereocenters. The summed E-state index contributed by atoms with van der Waals surface area (Å²) in [4.78, 5) is 12.0. The molecule has 6 heteroatoms. The smallest absolute Gasteiger partial charge is 0.246 e. The molecule has 0 aliphatic carbocycles. The lowest BCUT2D eigenvalue weighted by Crippen LogP contribution is -2.20. The highest BCUT2D eigenvalue weighted by atomic mass is 16.2. The molecule has 0 saturated heterocycles. The Morgan fingerprint density at radius 3 is 2.50 bits per heavy atom. The number of rotatable bonds is 4. The van der Waals surface area contributed by atoms with Crippen LogP contribution in [0.5, 0.6) is 0 Å². The van der Waals surface area contributed by atoms with Gasteiger partial charge in [-0.1, -0.05) is 22.9 Å². The van der Waals surface area contributed by atoms with Crippen molar-refractivity contribution in [1.29, 1.82) is 0 Å². The first-order chi connectivity index (χ1) is 9.49. The summed E-state index contributed by atoms with van der Waals surface area (Å²) in [5, 5.41) is 10.6. The van der Waals surface area contributed by atoms with E-state index in [0.29, 0.717) is 12.2 Å². The van der Waals surface area contributed by atoms with Gasteiger partial charge >= 0.3 is 0 Å². The van der Waals surface area contributed by atoms with Crippen LogP contribution in [0.15, 0.2) is 18.3 Å². The highest BCUT2D eigenvalue weighted by Gasteiger charge is 2.10. The third kappa shape index (κ3) is 3.21. The number of carbonyl (C=O) groups is 1. The first kappa shape index (κ1) is 14.2. The zero-order valence-corrected chi connectivity index (χ0v) is 12.0. The highest BCUT2D eigenvalue weighted by molar-refractivity contribution is 5.92. The highest BCUT2D eigenvalue weighted by Crippen LogP contribution is 2.21. The number of benzene rings is 1. The van der Waals surface area contributed by atoms with Crippen LogP contribution in [-0.4, -0.2) is 20.9 Å². The van der Waals surface area contributed by atoms with Crippen molar-refractivity contribution in [1.82, 2.24) is 15.0 Å². The second-order valence-electron chi connectivity index (χ2n) is 4.93. The van der Waals surface area contributed by atoms with Crippen LogP contribution >= 0.6 is 0 Å². The van der Waals surface area contributed by atoms with Crippen molar-refractivity contribution < 1.29 is 4.79 Å². The number of anilines is 1. The van der Waals surface area contributed by atoms with E-state index in [9.17, 15) is 4.79 Å². The largest absolute Gasteiger partial charge is 0.325 e. The molecule has 0 aliphatic rings. The van der Waals surface area contributed by atoms with Crippen LogP contribution in [0, 0.1) is 20.8 Å². The average molecular weight is 273 g/mol. The Morgan fingerprint density at radius 2 is 1.95 bits per heavy atom. The molecule has 0 aliphatic heterocycles. The molecule has 3 N–H and O–H groups in total. The van der Waals surface area contributed by atoms with Crippen LogP contribution in [0.3, 0.4) is 0 Å². The van der Waals surface area contributed by atoms with Gasteiger partial charge < -0.3 is 11.1 Å². The molecule has 1 amide bonds. The summed E-state index contributed by atoms with van der Waals surface area (Å²) in [6.07, 6.45) is 1.68. The summed E-state index contributed by atoms with van der Waals surface area (Å²) >= 11 is 0. The molecule has 2 rings (SSSR count). The second-order valence-corrected chi connectivity index (χ2v) is 4.93. The Morgan fingerprint density at radius 1 is 1.30 bits per heavy atom. The third-order valence-electron chi connectivity index (χ3n) is 3.04. The van der Waals surface area contributed by atoms with Crippen molar-refractivity contribution >= 4 is 11.6 Å². The maximum atomic E-state index is 12.0. The minimum absolute atomic E-state index is 0.125. The number of carbonyl (C=O) groups excluding carboxylic acids is 1. The fourth-order valence-electron chi connectivity index (χ4n) is 2.21. The van der Waals surface area contributed by atoms with Gasteiger partial charge in [-0.3, -0.25) is 4.79 Å². The van der Waals surface area contributed by atoms with E-state index in [4.69, 9.17) is 5.73 Å². The van der Waals surface area contributed by atoms with Gasteiger partial charge in [0.2, 0.25) is 5.91 Å². The van der Waals surface area contributed by atoms with Gasteiger partial charge in [0, 0.05) is 12.2 Å². The quantitative estimate of drug-likeness (QED) is 0.879. The van der Waals surface area contributed by atoms with Crippen molar-refractivity contribution in [3.8, 4) is 0 Å². The van der Waals surface area contributed by atoms with Crippen LogP contribution in [0.25, 0.3) is 0 Å².